The van der Waals surface area contributed by atoms with Crippen LogP contribution in [0.5, 0.6) is 0 Å². The summed E-state index contributed by atoms with van der Waals surface area (Å²) in [7, 11) is 0. The molecular weight excluding hydrogens is 428 g/mol. The van der Waals surface area contributed by atoms with E-state index in [4.69, 9.17) is 0 Å². The van der Waals surface area contributed by atoms with Crippen molar-refractivity contribution >= 4 is 29.5 Å². The van der Waals surface area contributed by atoms with E-state index in [2.05, 4.69) is 39.9 Å². The number of aliphatic imine (C=N–C) groups is 1. The van der Waals surface area contributed by atoms with Crippen LogP contribution in [-0.4, -0.2) is 69.9 Å². The third kappa shape index (κ3) is 3.43. The van der Waals surface area contributed by atoms with E-state index in [1.165, 1.54) is 10.5 Å². The predicted molar refractivity (Wildman–Crippen MR) is 122 cm³/mol. The van der Waals surface area contributed by atoms with Crippen molar-refractivity contribution in [3.05, 3.63) is 46.0 Å². The molecule has 0 unspecified atom stereocenters. The molecule has 4 aliphatic rings. The molecule has 6 atom stereocenters. The average molecular weight is 457 g/mol. The standard InChI is InChI=1S/C23H28N4O4S/c1-11-18-17(12(2)28)22(29)27(18)19(23(30)31)20(11)32-15-9-16(26-10-15)13-3-5-14(6-4-13)21-24-7-8-25-21/h3-6,11-12,15-18,26,28H,7-10H2,1-2H3,(H,24,25)(H,30,31)/t11-,12-,15+,16-,17-,18-/m1/s1. The summed E-state index contributed by atoms with van der Waals surface area (Å²) >= 11 is 1.58. The van der Waals surface area contributed by atoms with Gasteiger partial charge in [0, 0.05) is 40.8 Å². The Balaban J connectivity index is 1.29. The summed E-state index contributed by atoms with van der Waals surface area (Å²) in [5.74, 6) is -1.03. The van der Waals surface area contributed by atoms with Crippen molar-refractivity contribution in [3.63, 3.8) is 0 Å². The average Bonchev–Trinajstić information content (AvgIpc) is 3.49. The maximum atomic E-state index is 12.5. The topological polar surface area (TPSA) is 114 Å². The number of benzene rings is 1. The van der Waals surface area contributed by atoms with E-state index < -0.39 is 18.0 Å². The van der Waals surface area contributed by atoms with Crippen molar-refractivity contribution in [3.8, 4) is 0 Å². The van der Waals surface area contributed by atoms with Gasteiger partial charge in [0.15, 0.2) is 0 Å². The van der Waals surface area contributed by atoms with Gasteiger partial charge in [0.05, 0.1) is 24.6 Å². The van der Waals surface area contributed by atoms with Crippen LogP contribution in [0.2, 0.25) is 0 Å². The minimum Gasteiger partial charge on any atom is -0.477 e. The molecule has 4 heterocycles. The quantitative estimate of drug-likeness (QED) is 0.478. The lowest BCUT2D eigenvalue weighted by molar-refractivity contribution is -0.163. The number of amides is 1. The Morgan fingerprint density at radius 3 is 2.69 bits per heavy atom. The molecule has 2 saturated heterocycles. The number of β-lactam (4-membered cyclic amide) rings is 1. The highest BCUT2D eigenvalue weighted by atomic mass is 32.2. The zero-order valence-electron chi connectivity index (χ0n) is 18.1. The normalized spacial score (nSPS) is 32.5. The van der Waals surface area contributed by atoms with Gasteiger partial charge in [-0.3, -0.25) is 9.79 Å². The summed E-state index contributed by atoms with van der Waals surface area (Å²) in [4.78, 5) is 31.1. The molecule has 1 amide bonds. The highest BCUT2D eigenvalue weighted by molar-refractivity contribution is 8.03. The van der Waals surface area contributed by atoms with Gasteiger partial charge in [0.25, 0.3) is 0 Å². The number of carboxylic acid groups (broad SMARTS) is 1. The van der Waals surface area contributed by atoms with Gasteiger partial charge < -0.3 is 25.7 Å². The Morgan fingerprint density at radius 1 is 1.31 bits per heavy atom. The van der Waals surface area contributed by atoms with Crippen LogP contribution in [0.15, 0.2) is 39.9 Å². The first kappa shape index (κ1) is 21.5. The van der Waals surface area contributed by atoms with Crippen LogP contribution >= 0.6 is 11.8 Å². The Kier molecular flexibility index (Phi) is 5.51. The molecule has 4 aliphatic heterocycles. The maximum absolute atomic E-state index is 12.5. The second-order valence-electron chi connectivity index (χ2n) is 8.99. The number of aliphatic hydroxyl groups excluding tert-OH is 1. The fourth-order valence-corrected chi connectivity index (χ4v) is 6.85. The summed E-state index contributed by atoms with van der Waals surface area (Å²) < 4.78 is 0. The third-order valence-corrected chi connectivity index (χ3v) is 8.47. The molecule has 5 rings (SSSR count). The van der Waals surface area contributed by atoms with Gasteiger partial charge in [0.1, 0.15) is 11.5 Å². The van der Waals surface area contributed by atoms with Crippen molar-refractivity contribution in [2.75, 3.05) is 19.6 Å². The number of aliphatic carboxylic acids is 1. The highest BCUT2D eigenvalue weighted by Crippen LogP contribution is 2.52. The maximum Gasteiger partial charge on any atom is 0.353 e. The van der Waals surface area contributed by atoms with E-state index in [-0.39, 0.29) is 34.9 Å². The van der Waals surface area contributed by atoms with Crippen LogP contribution < -0.4 is 10.6 Å². The number of nitrogens with zero attached hydrogens (tertiary/aromatic N) is 2. The lowest BCUT2D eigenvalue weighted by Crippen LogP contribution is -2.63. The fourth-order valence-electron chi connectivity index (χ4n) is 5.37. The number of rotatable bonds is 6. The Morgan fingerprint density at radius 2 is 2.06 bits per heavy atom. The van der Waals surface area contributed by atoms with Crippen molar-refractivity contribution in [2.24, 2.45) is 16.8 Å². The summed E-state index contributed by atoms with van der Waals surface area (Å²) in [5, 5.41) is 26.9. The number of carbonyl (C=O) groups excluding carboxylic acids is 1. The number of aliphatic hydroxyl groups is 1. The molecule has 170 valence electrons. The van der Waals surface area contributed by atoms with Crippen LogP contribution in [0.3, 0.4) is 0 Å². The van der Waals surface area contributed by atoms with Crippen LogP contribution in [0.1, 0.15) is 37.4 Å². The lowest BCUT2D eigenvalue weighted by atomic mass is 9.79. The van der Waals surface area contributed by atoms with Gasteiger partial charge in [-0.2, -0.15) is 0 Å². The number of thioether (sulfide) groups is 1. The molecule has 0 spiro atoms. The van der Waals surface area contributed by atoms with Gasteiger partial charge in [-0.05, 0) is 18.9 Å². The first-order valence-corrected chi connectivity index (χ1v) is 12.0. The predicted octanol–water partition coefficient (Wildman–Crippen LogP) is 1.33. The van der Waals surface area contributed by atoms with Crippen molar-refractivity contribution in [2.45, 2.75) is 43.7 Å². The molecule has 0 saturated carbocycles. The number of hydrogen-bond donors (Lipinski definition) is 4. The van der Waals surface area contributed by atoms with E-state index in [1.54, 1.807) is 18.7 Å². The molecule has 32 heavy (non-hydrogen) atoms. The highest BCUT2D eigenvalue weighted by Gasteiger charge is 2.60. The monoisotopic (exact) mass is 456 g/mol. The number of carboxylic acids is 1. The molecule has 0 radical (unpaired) electrons. The van der Waals surface area contributed by atoms with Gasteiger partial charge in [-0.1, -0.05) is 31.2 Å². The van der Waals surface area contributed by atoms with E-state index in [9.17, 15) is 19.8 Å². The van der Waals surface area contributed by atoms with E-state index in [0.717, 1.165) is 42.4 Å². The van der Waals surface area contributed by atoms with Gasteiger partial charge in [-0.15, -0.1) is 11.8 Å². The van der Waals surface area contributed by atoms with Crippen LogP contribution in [0, 0.1) is 11.8 Å². The summed E-state index contributed by atoms with van der Waals surface area (Å²) in [6.45, 7) is 6.04. The minimum absolute atomic E-state index is 0.0959. The van der Waals surface area contributed by atoms with E-state index >= 15 is 0 Å². The minimum atomic E-state index is -1.07. The number of hydrogen-bond acceptors (Lipinski definition) is 7. The summed E-state index contributed by atoms with van der Waals surface area (Å²) in [6.07, 6.45) is 0.0987. The Hall–Kier alpha value is -2.36. The van der Waals surface area contributed by atoms with Crippen LogP contribution in [-0.2, 0) is 9.59 Å². The molecule has 0 aromatic heterocycles. The Bertz CT molecular complexity index is 1010. The number of nitrogens with one attached hydrogen (secondary N) is 2. The molecule has 0 aliphatic carbocycles. The number of carbonyl (C=O) groups is 2. The van der Waals surface area contributed by atoms with Crippen LogP contribution in [0.25, 0.3) is 0 Å². The van der Waals surface area contributed by atoms with Crippen molar-refractivity contribution < 1.29 is 19.8 Å². The van der Waals surface area contributed by atoms with Gasteiger partial charge >= 0.3 is 5.97 Å². The zero-order valence-corrected chi connectivity index (χ0v) is 18.9. The zero-order chi connectivity index (χ0) is 22.6. The molecule has 4 N–H and O–H groups in total. The number of amidine groups is 1. The molecular formula is C23H28N4O4S. The second kappa shape index (κ2) is 8.20. The smallest absolute Gasteiger partial charge is 0.353 e. The molecule has 2 fully saturated rings. The molecule has 1 aromatic carbocycles. The van der Waals surface area contributed by atoms with Gasteiger partial charge in [-0.25, -0.2) is 4.79 Å². The van der Waals surface area contributed by atoms with Crippen molar-refractivity contribution in [1.82, 2.24) is 15.5 Å². The third-order valence-electron chi connectivity index (χ3n) is 6.96. The molecule has 9 heteroatoms. The number of fused-ring (bicyclic) bond motifs is 1. The fraction of sp³-hybridized carbons (Fsp3) is 0.522. The molecule has 0 bridgehead atoms. The largest absolute Gasteiger partial charge is 0.477 e. The molecule has 8 nitrogen and oxygen atoms in total. The van der Waals surface area contributed by atoms with E-state index in [1.807, 2.05) is 6.92 Å². The van der Waals surface area contributed by atoms with Crippen molar-refractivity contribution in [1.29, 1.82) is 0 Å². The first-order valence-electron chi connectivity index (χ1n) is 11.1. The van der Waals surface area contributed by atoms with Gasteiger partial charge in [0.2, 0.25) is 5.91 Å². The lowest BCUT2D eigenvalue weighted by Gasteiger charge is -2.46. The first-order chi connectivity index (χ1) is 15.4. The second-order valence-corrected chi connectivity index (χ2v) is 10.3. The summed E-state index contributed by atoms with van der Waals surface area (Å²) in [5.41, 5.74) is 2.40. The van der Waals surface area contributed by atoms with Crippen LogP contribution in [0.4, 0.5) is 0 Å². The van der Waals surface area contributed by atoms with E-state index in [0.29, 0.717) is 0 Å². The molecule has 1 aromatic rings. The SMILES string of the molecule is C[C@@H](O)[C@H]1C(=O)N2C(C(=O)O)=C(S[C@@H]3CN[C@@H](c4ccc(C5=NCCN5)cc4)C3)[C@H](C)[C@H]12. The summed E-state index contributed by atoms with van der Waals surface area (Å²) in [6, 6.07) is 8.37. The Labute approximate surface area is 191 Å².